The highest BCUT2D eigenvalue weighted by molar-refractivity contribution is 5.77. The molecule has 0 saturated heterocycles. The summed E-state index contributed by atoms with van der Waals surface area (Å²) in [6.45, 7) is 8.49. The van der Waals surface area contributed by atoms with Gasteiger partial charge < -0.3 is 9.47 Å². The maximum atomic E-state index is 12.7. The van der Waals surface area contributed by atoms with Crippen molar-refractivity contribution in [3.05, 3.63) is 0 Å². The Labute approximate surface area is 163 Å². The van der Waals surface area contributed by atoms with Crippen LogP contribution in [0.3, 0.4) is 0 Å². The number of carbonyl (C=O) groups excluding carboxylic acids is 2. The molecule has 0 amide bonds. The molecule has 2 bridgehead atoms. The van der Waals surface area contributed by atoms with Crippen molar-refractivity contribution in [3.63, 3.8) is 0 Å². The summed E-state index contributed by atoms with van der Waals surface area (Å²) in [5, 5.41) is 0. The molecule has 0 aliphatic heterocycles. The van der Waals surface area contributed by atoms with Gasteiger partial charge >= 0.3 is 11.9 Å². The molecule has 4 fully saturated rings. The maximum Gasteiger partial charge on any atom is 0.311 e. The van der Waals surface area contributed by atoms with E-state index in [2.05, 4.69) is 20.8 Å². The summed E-state index contributed by atoms with van der Waals surface area (Å²) >= 11 is 0. The van der Waals surface area contributed by atoms with Gasteiger partial charge in [0.25, 0.3) is 0 Å². The van der Waals surface area contributed by atoms with E-state index in [9.17, 15) is 9.59 Å². The van der Waals surface area contributed by atoms with Crippen LogP contribution in [0.25, 0.3) is 0 Å². The smallest absolute Gasteiger partial charge is 0.311 e. The van der Waals surface area contributed by atoms with E-state index in [0.29, 0.717) is 11.8 Å². The minimum absolute atomic E-state index is 0.0146. The monoisotopic (exact) mass is 376 g/mol. The Morgan fingerprint density at radius 1 is 0.963 bits per heavy atom. The summed E-state index contributed by atoms with van der Waals surface area (Å²) in [6.07, 6.45) is 10.1. The molecule has 4 aliphatic carbocycles. The third-order valence-corrected chi connectivity index (χ3v) is 9.53. The molecule has 1 spiro atoms. The molecule has 7 unspecified atom stereocenters. The third kappa shape index (κ3) is 2.54. The predicted molar refractivity (Wildman–Crippen MR) is 103 cm³/mol. The number of hydrogen-bond donors (Lipinski definition) is 0. The van der Waals surface area contributed by atoms with E-state index in [0.717, 1.165) is 38.5 Å². The van der Waals surface area contributed by atoms with Gasteiger partial charge in [0.05, 0.1) is 12.5 Å². The van der Waals surface area contributed by atoms with Crippen LogP contribution in [0.1, 0.15) is 85.5 Å². The molecule has 27 heavy (non-hydrogen) atoms. The van der Waals surface area contributed by atoms with Gasteiger partial charge in [0.15, 0.2) is 0 Å². The second kappa shape index (κ2) is 5.97. The number of ether oxygens (including phenoxy) is 2. The standard InChI is InChI=1S/C23H36O4/c1-15(24)27-18-13-23-12-8-16-21(3,17(23)7-11-20(18,2)14-23)9-6-10-22(16,4)19(25)26-5/h16-18H,6-14H2,1-5H3. The second-order valence-electron chi connectivity index (χ2n) is 10.9. The summed E-state index contributed by atoms with van der Waals surface area (Å²) in [7, 11) is 1.54. The van der Waals surface area contributed by atoms with E-state index >= 15 is 0 Å². The summed E-state index contributed by atoms with van der Waals surface area (Å²) in [5.41, 5.74) is 0.252. The van der Waals surface area contributed by atoms with Crippen molar-refractivity contribution in [1.29, 1.82) is 0 Å². The average molecular weight is 377 g/mol. The first kappa shape index (κ1) is 19.3. The van der Waals surface area contributed by atoms with Crippen LogP contribution in [0.4, 0.5) is 0 Å². The summed E-state index contributed by atoms with van der Waals surface area (Å²) in [6, 6.07) is 0. The summed E-state index contributed by atoms with van der Waals surface area (Å²) in [4.78, 5) is 24.4. The van der Waals surface area contributed by atoms with E-state index in [-0.39, 0.29) is 39.7 Å². The van der Waals surface area contributed by atoms with Crippen molar-refractivity contribution in [2.24, 2.45) is 33.5 Å². The van der Waals surface area contributed by atoms with E-state index in [1.165, 1.54) is 26.4 Å². The highest BCUT2D eigenvalue weighted by Gasteiger charge is 2.68. The van der Waals surface area contributed by atoms with Gasteiger partial charge in [-0.15, -0.1) is 0 Å². The van der Waals surface area contributed by atoms with Crippen LogP contribution >= 0.6 is 0 Å². The number of fused-ring (bicyclic) bond motifs is 3. The lowest BCUT2D eigenvalue weighted by Crippen LogP contribution is -2.58. The number of methoxy groups -OCH3 is 1. The highest BCUT2D eigenvalue weighted by atomic mass is 16.5. The molecule has 0 aromatic carbocycles. The van der Waals surface area contributed by atoms with Crippen LogP contribution in [0.15, 0.2) is 0 Å². The molecule has 0 N–H and O–H groups in total. The van der Waals surface area contributed by atoms with Gasteiger partial charge in [-0.25, -0.2) is 0 Å². The molecule has 0 aromatic rings. The lowest BCUT2D eigenvalue weighted by atomic mass is 9.40. The number of esters is 2. The fourth-order valence-corrected chi connectivity index (χ4v) is 8.57. The van der Waals surface area contributed by atoms with Gasteiger partial charge in [-0.3, -0.25) is 9.59 Å². The zero-order chi connectivity index (χ0) is 19.7. The zero-order valence-electron chi connectivity index (χ0n) is 17.7. The molecule has 4 rings (SSSR count). The van der Waals surface area contributed by atoms with Gasteiger partial charge in [-0.1, -0.05) is 20.3 Å². The van der Waals surface area contributed by atoms with Crippen LogP contribution in [-0.2, 0) is 19.1 Å². The van der Waals surface area contributed by atoms with E-state index in [4.69, 9.17) is 9.47 Å². The van der Waals surface area contributed by atoms with Crippen LogP contribution in [0.5, 0.6) is 0 Å². The molecule has 4 heteroatoms. The van der Waals surface area contributed by atoms with Crippen molar-refractivity contribution < 1.29 is 19.1 Å². The van der Waals surface area contributed by atoms with Crippen LogP contribution in [-0.4, -0.2) is 25.2 Å². The van der Waals surface area contributed by atoms with Crippen LogP contribution in [0.2, 0.25) is 0 Å². The number of hydrogen-bond acceptors (Lipinski definition) is 4. The van der Waals surface area contributed by atoms with Crippen molar-refractivity contribution in [3.8, 4) is 0 Å². The molecular weight excluding hydrogens is 340 g/mol. The van der Waals surface area contributed by atoms with Gasteiger partial charge in [-0.05, 0) is 81.0 Å². The Kier molecular flexibility index (Phi) is 4.26. The van der Waals surface area contributed by atoms with Gasteiger partial charge in [-0.2, -0.15) is 0 Å². The fraction of sp³-hybridized carbons (Fsp3) is 0.913. The minimum Gasteiger partial charge on any atom is -0.469 e. The maximum absolute atomic E-state index is 12.7. The van der Waals surface area contributed by atoms with Crippen molar-refractivity contribution in [1.82, 2.24) is 0 Å². The molecule has 0 heterocycles. The van der Waals surface area contributed by atoms with Gasteiger partial charge in [0.2, 0.25) is 0 Å². The molecule has 0 aromatic heterocycles. The topological polar surface area (TPSA) is 52.6 Å². The Morgan fingerprint density at radius 2 is 1.67 bits per heavy atom. The first-order valence-corrected chi connectivity index (χ1v) is 10.9. The van der Waals surface area contributed by atoms with Gasteiger partial charge in [0, 0.05) is 12.3 Å². The SMILES string of the molecule is COC(=O)C1(C)CCCC2(C)C3CCC4(C)CC3(CCC12)CC4OC(C)=O. The molecule has 0 radical (unpaired) electrons. The molecule has 152 valence electrons. The van der Waals surface area contributed by atoms with Crippen LogP contribution < -0.4 is 0 Å². The number of carbonyl (C=O) groups is 2. The molecule has 4 saturated carbocycles. The Morgan fingerprint density at radius 3 is 2.33 bits per heavy atom. The first-order chi connectivity index (χ1) is 12.6. The van der Waals surface area contributed by atoms with Crippen molar-refractivity contribution >= 4 is 11.9 Å². The lowest BCUT2D eigenvalue weighted by molar-refractivity contribution is -0.185. The Bertz CT molecular complexity index is 659. The zero-order valence-corrected chi connectivity index (χ0v) is 17.7. The van der Waals surface area contributed by atoms with Gasteiger partial charge in [0.1, 0.15) is 6.10 Å². The third-order valence-electron chi connectivity index (χ3n) is 9.53. The molecule has 4 aliphatic rings. The van der Waals surface area contributed by atoms with E-state index < -0.39 is 0 Å². The van der Waals surface area contributed by atoms with Crippen molar-refractivity contribution in [2.75, 3.05) is 7.11 Å². The largest absolute Gasteiger partial charge is 0.469 e. The number of rotatable bonds is 2. The molecular formula is C23H36O4. The summed E-state index contributed by atoms with van der Waals surface area (Å²) < 4.78 is 11.1. The molecule has 4 nitrogen and oxygen atoms in total. The van der Waals surface area contributed by atoms with Crippen molar-refractivity contribution in [2.45, 2.75) is 91.6 Å². The van der Waals surface area contributed by atoms with Crippen LogP contribution in [0, 0.1) is 33.5 Å². The first-order valence-electron chi connectivity index (χ1n) is 10.9. The predicted octanol–water partition coefficient (Wildman–Crippen LogP) is 4.89. The van der Waals surface area contributed by atoms with E-state index in [1.54, 1.807) is 6.92 Å². The normalized spacial score (nSPS) is 51.1. The van der Waals surface area contributed by atoms with E-state index in [1.807, 2.05) is 0 Å². The lowest BCUT2D eigenvalue weighted by Gasteiger charge is -2.64. The molecule has 7 atom stereocenters. The summed E-state index contributed by atoms with van der Waals surface area (Å²) in [5.74, 6) is 0.873. The Balaban J connectivity index is 1.68. The highest BCUT2D eigenvalue weighted by Crippen LogP contribution is 2.74. The minimum atomic E-state index is -0.349. The fourth-order valence-electron chi connectivity index (χ4n) is 8.57. The Hall–Kier alpha value is -1.06. The average Bonchev–Trinajstić information content (AvgIpc) is 2.78. The second-order valence-corrected chi connectivity index (χ2v) is 10.9. The quantitative estimate of drug-likeness (QED) is 0.644.